The van der Waals surface area contributed by atoms with Crippen molar-refractivity contribution in [2.45, 2.75) is 26.9 Å². The van der Waals surface area contributed by atoms with Crippen LogP contribution in [0.4, 0.5) is 8.78 Å². The first-order valence-corrected chi connectivity index (χ1v) is 10.1. The van der Waals surface area contributed by atoms with E-state index in [0.717, 1.165) is 29.3 Å². The number of carbonyl (C=O) groups is 3. The number of halogens is 2. The molecule has 3 rings (SSSR count). The van der Waals surface area contributed by atoms with Gasteiger partial charge in [-0.3, -0.25) is 14.4 Å². The maximum Gasteiger partial charge on any atom is 0.312 e. The number of rotatable bonds is 7. The highest BCUT2D eigenvalue weighted by Gasteiger charge is 2.33. The first kappa shape index (κ1) is 22.4. The van der Waals surface area contributed by atoms with Gasteiger partial charge in [-0.25, -0.2) is 8.78 Å². The molecule has 3 amide bonds. The molecule has 1 atom stereocenters. The van der Waals surface area contributed by atoms with Crippen molar-refractivity contribution in [3.63, 3.8) is 0 Å². The standard InChI is InChI=1S/C23H25F2N3O3/c1-15-3-5-17(6-4-15)14-28-10-9-27(22(30)23(28)31)13-16(2)21(29)26-12-18-11-19(24)7-8-20(18)25/h3-8,11,16H,9-10,12-14H2,1-2H3,(H,26,29). The van der Waals surface area contributed by atoms with Gasteiger partial charge in [0, 0.05) is 38.3 Å². The fraction of sp³-hybridized carbons (Fsp3) is 0.348. The summed E-state index contributed by atoms with van der Waals surface area (Å²) in [6.45, 7) is 4.56. The monoisotopic (exact) mass is 429 g/mol. The minimum Gasteiger partial charge on any atom is -0.352 e. The van der Waals surface area contributed by atoms with Crippen LogP contribution >= 0.6 is 0 Å². The van der Waals surface area contributed by atoms with E-state index in [1.165, 1.54) is 9.80 Å². The van der Waals surface area contributed by atoms with E-state index in [1.54, 1.807) is 6.92 Å². The number of piperazine rings is 1. The van der Waals surface area contributed by atoms with E-state index < -0.39 is 35.3 Å². The van der Waals surface area contributed by atoms with Crippen LogP contribution in [-0.2, 0) is 27.5 Å². The summed E-state index contributed by atoms with van der Waals surface area (Å²) in [6.07, 6.45) is 0. The molecule has 1 fully saturated rings. The maximum atomic E-state index is 13.7. The Kier molecular flexibility index (Phi) is 6.99. The van der Waals surface area contributed by atoms with Gasteiger partial charge in [0.15, 0.2) is 0 Å². The van der Waals surface area contributed by atoms with Crippen LogP contribution in [-0.4, -0.2) is 47.2 Å². The number of amides is 3. The van der Waals surface area contributed by atoms with Crippen molar-refractivity contribution < 1.29 is 23.2 Å². The van der Waals surface area contributed by atoms with Gasteiger partial charge in [-0.15, -0.1) is 0 Å². The van der Waals surface area contributed by atoms with Crippen LogP contribution in [0.1, 0.15) is 23.6 Å². The Morgan fingerprint density at radius 1 is 1.03 bits per heavy atom. The number of hydrogen-bond donors (Lipinski definition) is 1. The molecule has 1 heterocycles. The Morgan fingerprint density at radius 3 is 2.39 bits per heavy atom. The summed E-state index contributed by atoms with van der Waals surface area (Å²) >= 11 is 0. The predicted octanol–water partition coefficient (Wildman–Crippen LogP) is 2.40. The third kappa shape index (κ3) is 5.65. The molecular weight excluding hydrogens is 404 g/mol. The Bertz CT molecular complexity index is 979. The van der Waals surface area contributed by atoms with Crippen molar-refractivity contribution in [1.29, 1.82) is 0 Å². The van der Waals surface area contributed by atoms with Crippen molar-refractivity contribution in [1.82, 2.24) is 15.1 Å². The van der Waals surface area contributed by atoms with E-state index in [9.17, 15) is 23.2 Å². The molecular formula is C23H25F2N3O3. The highest BCUT2D eigenvalue weighted by molar-refractivity contribution is 6.35. The van der Waals surface area contributed by atoms with Gasteiger partial charge in [0.1, 0.15) is 11.6 Å². The minimum atomic E-state index is -0.644. The van der Waals surface area contributed by atoms with Crippen LogP contribution in [0.5, 0.6) is 0 Å². The quantitative estimate of drug-likeness (QED) is 0.688. The van der Waals surface area contributed by atoms with Gasteiger partial charge >= 0.3 is 11.8 Å². The number of nitrogens with zero attached hydrogens (tertiary/aromatic N) is 2. The normalized spacial score (nSPS) is 15.2. The molecule has 0 aromatic heterocycles. The average Bonchev–Trinajstić information content (AvgIpc) is 2.75. The second kappa shape index (κ2) is 9.68. The molecule has 0 aliphatic carbocycles. The van der Waals surface area contributed by atoms with Crippen LogP contribution in [0.25, 0.3) is 0 Å². The van der Waals surface area contributed by atoms with Crippen LogP contribution in [0, 0.1) is 24.5 Å². The zero-order valence-electron chi connectivity index (χ0n) is 17.5. The molecule has 1 aliphatic heterocycles. The second-order valence-corrected chi connectivity index (χ2v) is 7.82. The zero-order chi connectivity index (χ0) is 22.5. The summed E-state index contributed by atoms with van der Waals surface area (Å²) in [4.78, 5) is 40.2. The average molecular weight is 429 g/mol. The first-order chi connectivity index (χ1) is 14.7. The van der Waals surface area contributed by atoms with E-state index in [2.05, 4.69) is 5.32 Å². The lowest BCUT2D eigenvalue weighted by molar-refractivity contribution is -0.157. The molecule has 6 nitrogen and oxygen atoms in total. The topological polar surface area (TPSA) is 69.7 Å². The summed E-state index contributed by atoms with van der Waals surface area (Å²) in [6, 6.07) is 10.8. The van der Waals surface area contributed by atoms with Crippen LogP contribution in [0.3, 0.4) is 0 Å². The lowest BCUT2D eigenvalue weighted by atomic mass is 10.1. The number of benzene rings is 2. The molecule has 1 saturated heterocycles. The van der Waals surface area contributed by atoms with Crippen LogP contribution in [0.2, 0.25) is 0 Å². The highest BCUT2D eigenvalue weighted by atomic mass is 19.1. The molecule has 1 N–H and O–H groups in total. The largest absolute Gasteiger partial charge is 0.352 e. The number of hydrogen-bond acceptors (Lipinski definition) is 3. The smallest absolute Gasteiger partial charge is 0.312 e. The lowest BCUT2D eigenvalue weighted by Gasteiger charge is -2.34. The third-order valence-electron chi connectivity index (χ3n) is 5.29. The summed E-state index contributed by atoms with van der Waals surface area (Å²) in [5.41, 5.74) is 2.09. The van der Waals surface area contributed by atoms with Gasteiger partial charge in [-0.05, 0) is 30.7 Å². The van der Waals surface area contributed by atoms with Crippen LogP contribution < -0.4 is 5.32 Å². The van der Waals surface area contributed by atoms with E-state index in [4.69, 9.17) is 0 Å². The highest BCUT2D eigenvalue weighted by Crippen LogP contribution is 2.14. The number of nitrogens with one attached hydrogen (secondary N) is 1. The summed E-state index contributed by atoms with van der Waals surface area (Å²) in [7, 11) is 0. The SMILES string of the molecule is Cc1ccc(CN2CCN(CC(C)C(=O)NCc3cc(F)ccc3F)C(=O)C2=O)cc1. The van der Waals surface area contributed by atoms with Gasteiger partial charge < -0.3 is 15.1 Å². The number of carbonyl (C=O) groups excluding carboxylic acids is 3. The fourth-order valence-corrected chi connectivity index (χ4v) is 3.40. The molecule has 1 unspecified atom stereocenters. The maximum absolute atomic E-state index is 13.7. The molecule has 2 aromatic rings. The Morgan fingerprint density at radius 2 is 1.68 bits per heavy atom. The van der Waals surface area contributed by atoms with Gasteiger partial charge in [0.05, 0.1) is 5.92 Å². The molecule has 164 valence electrons. The first-order valence-electron chi connectivity index (χ1n) is 10.1. The van der Waals surface area contributed by atoms with Crippen LogP contribution in [0.15, 0.2) is 42.5 Å². The van der Waals surface area contributed by atoms with Gasteiger partial charge in [-0.2, -0.15) is 0 Å². The molecule has 0 radical (unpaired) electrons. The fourth-order valence-electron chi connectivity index (χ4n) is 3.40. The Balaban J connectivity index is 1.52. The van der Waals surface area contributed by atoms with Crippen molar-refractivity contribution in [2.24, 2.45) is 5.92 Å². The molecule has 2 aromatic carbocycles. The number of aryl methyl sites for hydroxylation is 1. The molecule has 1 aliphatic rings. The van der Waals surface area contributed by atoms with E-state index in [0.29, 0.717) is 19.6 Å². The molecule has 0 spiro atoms. The van der Waals surface area contributed by atoms with Crippen molar-refractivity contribution >= 4 is 17.7 Å². The molecule has 0 saturated carbocycles. The minimum absolute atomic E-state index is 0.0384. The predicted molar refractivity (Wildman–Crippen MR) is 111 cm³/mol. The second-order valence-electron chi connectivity index (χ2n) is 7.82. The lowest BCUT2D eigenvalue weighted by Crippen LogP contribution is -2.55. The van der Waals surface area contributed by atoms with Crippen molar-refractivity contribution in [3.8, 4) is 0 Å². The van der Waals surface area contributed by atoms with Gasteiger partial charge in [-0.1, -0.05) is 36.8 Å². The summed E-state index contributed by atoms with van der Waals surface area (Å²) in [5, 5.41) is 2.55. The zero-order valence-corrected chi connectivity index (χ0v) is 17.5. The summed E-state index contributed by atoms with van der Waals surface area (Å²) < 4.78 is 26.9. The van der Waals surface area contributed by atoms with E-state index in [1.807, 2.05) is 31.2 Å². The van der Waals surface area contributed by atoms with Gasteiger partial charge in [0.2, 0.25) is 5.91 Å². The van der Waals surface area contributed by atoms with Crippen molar-refractivity contribution in [3.05, 3.63) is 70.8 Å². The Hall–Kier alpha value is -3.29. The van der Waals surface area contributed by atoms with E-state index >= 15 is 0 Å². The van der Waals surface area contributed by atoms with Gasteiger partial charge in [0.25, 0.3) is 0 Å². The molecule has 31 heavy (non-hydrogen) atoms. The Labute approximate surface area is 179 Å². The van der Waals surface area contributed by atoms with Crippen molar-refractivity contribution in [2.75, 3.05) is 19.6 Å². The molecule has 0 bridgehead atoms. The summed E-state index contributed by atoms with van der Waals surface area (Å²) in [5.74, 6) is -3.47. The van der Waals surface area contributed by atoms with E-state index in [-0.39, 0.29) is 18.7 Å². The third-order valence-corrected chi connectivity index (χ3v) is 5.29. The molecule has 8 heteroatoms.